The van der Waals surface area contributed by atoms with Crippen molar-refractivity contribution in [3.63, 3.8) is 0 Å². The van der Waals surface area contributed by atoms with E-state index in [9.17, 15) is 14.0 Å². The molecule has 2 rings (SSSR count). The van der Waals surface area contributed by atoms with E-state index in [2.05, 4.69) is 15.6 Å². The van der Waals surface area contributed by atoms with Crippen LogP contribution in [0.3, 0.4) is 0 Å². The number of nitriles is 1. The molecule has 25 heavy (non-hydrogen) atoms. The number of benzene rings is 1. The van der Waals surface area contributed by atoms with Crippen LogP contribution in [0.4, 0.5) is 14.3 Å². The molecule has 1 aromatic carbocycles. The Labute approximate surface area is 148 Å². The van der Waals surface area contributed by atoms with Crippen LogP contribution < -0.4 is 10.6 Å². The lowest BCUT2D eigenvalue weighted by Crippen LogP contribution is -2.28. The van der Waals surface area contributed by atoms with Crippen LogP contribution in [0.25, 0.3) is 0 Å². The average Bonchev–Trinajstić information content (AvgIpc) is 3.00. The van der Waals surface area contributed by atoms with Gasteiger partial charge in [0.1, 0.15) is 12.2 Å². The Bertz CT molecular complexity index is 802. The molecule has 7 nitrogen and oxygen atoms in total. The second-order valence-corrected chi connectivity index (χ2v) is 6.02. The number of halogens is 1. The minimum absolute atomic E-state index is 0.186. The standard InChI is InChI=1S/C16H16FN5O2S/c1-22(14(23)5-6-18)9-13-10-25-16(20-13)21-15(24)19-8-11-3-2-4-12(17)7-11/h2-4,7,10H,5,8-9H2,1H3,(H2,19,20,21,24). The molecule has 0 saturated carbocycles. The van der Waals surface area contributed by atoms with Gasteiger partial charge in [0.15, 0.2) is 5.13 Å². The molecule has 0 aliphatic carbocycles. The Morgan fingerprint density at radius 2 is 2.24 bits per heavy atom. The van der Waals surface area contributed by atoms with Gasteiger partial charge in [-0.3, -0.25) is 10.1 Å². The number of amides is 3. The number of hydrogen-bond acceptors (Lipinski definition) is 5. The Morgan fingerprint density at radius 1 is 1.44 bits per heavy atom. The zero-order valence-electron chi connectivity index (χ0n) is 13.5. The summed E-state index contributed by atoms with van der Waals surface area (Å²) in [6.07, 6.45) is -0.186. The van der Waals surface area contributed by atoms with Crippen molar-refractivity contribution in [1.29, 1.82) is 5.26 Å². The van der Waals surface area contributed by atoms with Crippen LogP contribution in [0, 0.1) is 17.1 Å². The van der Waals surface area contributed by atoms with Gasteiger partial charge >= 0.3 is 6.03 Å². The van der Waals surface area contributed by atoms with Crippen molar-refractivity contribution in [3.05, 3.63) is 46.7 Å². The average molecular weight is 361 g/mol. The van der Waals surface area contributed by atoms with E-state index >= 15 is 0 Å². The van der Waals surface area contributed by atoms with Gasteiger partial charge < -0.3 is 10.2 Å². The minimum Gasteiger partial charge on any atom is -0.339 e. The maximum Gasteiger partial charge on any atom is 0.321 e. The summed E-state index contributed by atoms with van der Waals surface area (Å²) in [5, 5.41) is 15.8. The van der Waals surface area contributed by atoms with Gasteiger partial charge in [-0.25, -0.2) is 14.2 Å². The molecule has 2 aromatic rings. The van der Waals surface area contributed by atoms with Crippen molar-refractivity contribution < 1.29 is 14.0 Å². The van der Waals surface area contributed by atoms with E-state index in [0.717, 1.165) is 0 Å². The minimum atomic E-state index is -0.459. The molecule has 0 bridgehead atoms. The number of nitrogens with one attached hydrogen (secondary N) is 2. The van der Waals surface area contributed by atoms with Gasteiger partial charge in [0, 0.05) is 19.0 Å². The lowest BCUT2D eigenvalue weighted by molar-refractivity contribution is -0.129. The Kier molecular flexibility index (Phi) is 6.42. The second-order valence-electron chi connectivity index (χ2n) is 5.17. The molecule has 0 fully saturated rings. The first-order valence-corrected chi connectivity index (χ1v) is 8.20. The number of carbonyl (C=O) groups is 2. The first-order chi connectivity index (χ1) is 12.0. The highest BCUT2D eigenvalue weighted by molar-refractivity contribution is 7.13. The van der Waals surface area contributed by atoms with Gasteiger partial charge in [-0.2, -0.15) is 5.26 Å². The lowest BCUT2D eigenvalue weighted by Gasteiger charge is -2.13. The maximum atomic E-state index is 13.1. The lowest BCUT2D eigenvalue weighted by atomic mass is 10.2. The number of carbonyl (C=O) groups excluding carboxylic acids is 2. The highest BCUT2D eigenvalue weighted by Crippen LogP contribution is 2.16. The summed E-state index contributed by atoms with van der Waals surface area (Å²) < 4.78 is 13.1. The molecule has 0 radical (unpaired) electrons. The van der Waals surface area contributed by atoms with Crippen LogP contribution in [-0.4, -0.2) is 28.9 Å². The molecule has 130 valence electrons. The number of urea groups is 1. The van der Waals surface area contributed by atoms with Crippen molar-refractivity contribution in [1.82, 2.24) is 15.2 Å². The van der Waals surface area contributed by atoms with E-state index in [1.54, 1.807) is 30.6 Å². The third-order valence-corrected chi connectivity index (χ3v) is 3.98. The third kappa shape index (κ3) is 5.86. The molecule has 0 atom stereocenters. The molecule has 2 N–H and O–H groups in total. The summed E-state index contributed by atoms with van der Waals surface area (Å²) in [4.78, 5) is 29.0. The van der Waals surface area contributed by atoms with Gasteiger partial charge in [-0.1, -0.05) is 12.1 Å². The fourth-order valence-electron chi connectivity index (χ4n) is 1.94. The molecule has 0 aliphatic heterocycles. The Balaban J connectivity index is 1.83. The smallest absolute Gasteiger partial charge is 0.321 e. The molecular formula is C16H16FN5O2S. The maximum absolute atomic E-state index is 13.1. The van der Waals surface area contributed by atoms with Crippen molar-refractivity contribution in [2.24, 2.45) is 0 Å². The Morgan fingerprint density at radius 3 is 2.96 bits per heavy atom. The Hall–Kier alpha value is -2.99. The molecular weight excluding hydrogens is 345 g/mol. The van der Waals surface area contributed by atoms with Gasteiger partial charge in [-0.15, -0.1) is 11.3 Å². The van der Waals surface area contributed by atoms with Crippen molar-refractivity contribution in [2.45, 2.75) is 19.5 Å². The molecule has 0 unspecified atom stereocenters. The summed E-state index contributed by atoms with van der Waals surface area (Å²) in [5.74, 6) is -0.655. The zero-order chi connectivity index (χ0) is 18.2. The van der Waals surface area contributed by atoms with Gasteiger partial charge in [-0.05, 0) is 17.7 Å². The topological polar surface area (TPSA) is 98.1 Å². The monoisotopic (exact) mass is 361 g/mol. The summed E-state index contributed by atoms with van der Waals surface area (Å²) in [6.45, 7) is 0.441. The van der Waals surface area contributed by atoms with Crippen molar-refractivity contribution in [3.8, 4) is 6.07 Å². The molecule has 0 spiro atoms. The van der Waals surface area contributed by atoms with E-state index < -0.39 is 6.03 Å². The molecule has 0 aliphatic rings. The quantitative estimate of drug-likeness (QED) is 0.826. The molecule has 1 heterocycles. The highest BCUT2D eigenvalue weighted by atomic mass is 32.1. The van der Waals surface area contributed by atoms with Crippen LogP contribution in [0.15, 0.2) is 29.6 Å². The third-order valence-electron chi connectivity index (χ3n) is 3.17. The summed E-state index contributed by atoms with van der Waals surface area (Å²) in [5.41, 5.74) is 1.26. The SMILES string of the molecule is CN(Cc1csc(NC(=O)NCc2cccc(F)c2)n1)C(=O)CC#N. The van der Waals surface area contributed by atoms with E-state index in [-0.39, 0.29) is 31.2 Å². The predicted molar refractivity (Wildman–Crippen MR) is 91.1 cm³/mol. The van der Waals surface area contributed by atoms with Crippen molar-refractivity contribution >= 4 is 28.4 Å². The highest BCUT2D eigenvalue weighted by Gasteiger charge is 2.12. The number of aromatic nitrogens is 1. The summed E-state index contributed by atoms with van der Waals surface area (Å²) in [7, 11) is 1.58. The van der Waals surface area contributed by atoms with Crippen molar-refractivity contribution in [2.75, 3.05) is 12.4 Å². The van der Waals surface area contributed by atoms with Gasteiger partial charge in [0.2, 0.25) is 5.91 Å². The number of anilines is 1. The van der Waals surface area contributed by atoms with Gasteiger partial charge in [0.25, 0.3) is 0 Å². The first kappa shape index (κ1) is 18.4. The zero-order valence-corrected chi connectivity index (χ0v) is 14.3. The van der Waals surface area contributed by atoms with Crippen LogP contribution in [0.1, 0.15) is 17.7 Å². The van der Waals surface area contributed by atoms with E-state index in [1.807, 2.05) is 0 Å². The van der Waals surface area contributed by atoms with Crippen LogP contribution >= 0.6 is 11.3 Å². The normalized spacial score (nSPS) is 9.96. The number of nitrogens with zero attached hydrogens (tertiary/aromatic N) is 3. The van der Waals surface area contributed by atoms with Crippen LogP contribution in [0.2, 0.25) is 0 Å². The number of rotatable bonds is 6. The molecule has 3 amide bonds. The number of hydrogen-bond donors (Lipinski definition) is 2. The predicted octanol–water partition coefficient (Wildman–Crippen LogP) is 2.48. The summed E-state index contributed by atoms with van der Waals surface area (Å²) >= 11 is 1.22. The molecule has 0 saturated heterocycles. The van der Waals surface area contributed by atoms with E-state index in [0.29, 0.717) is 16.4 Å². The van der Waals surface area contributed by atoms with E-state index in [4.69, 9.17) is 5.26 Å². The first-order valence-electron chi connectivity index (χ1n) is 7.32. The van der Waals surface area contributed by atoms with Crippen LogP contribution in [0.5, 0.6) is 0 Å². The molecule has 1 aromatic heterocycles. The van der Waals surface area contributed by atoms with E-state index in [1.165, 1.54) is 28.4 Å². The summed E-state index contributed by atoms with van der Waals surface area (Å²) in [6, 6.07) is 7.29. The number of thiazole rings is 1. The van der Waals surface area contributed by atoms with Gasteiger partial charge in [0.05, 0.1) is 18.3 Å². The fourth-order valence-corrected chi connectivity index (χ4v) is 2.64. The molecule has 9 heteroatoms. The van der Waals surface area contributed by atoms with Crippen LogP contribution in [-0.2, 0) is 17.9 Å². The second kappa shape index (κ2) is 8.75. The fraction of sp³-hybridized carbons (Fsp3) is 0.250. The largest absolute Gasteiger partial charge is 0.339 e.